The highest BCUT2D eigenvalue weighted by atomic mass is 35.5. The lowest BCUT2D eigenvalue weighted by atomic mass is 10.00. The lowest BCUT2D eigenvalue weighted by Crippen LogP contribution is -2.53. The molecule has 23 heavy (non-hydrogen) atoms. The maximum absolute atomic E-state index is 12.8. The van der Waals surface area contributed by atoms with Gasteiger partial charge in [0.1, 0.15) is 0 Å². The van der Waals surface area contributed by atoms with Crippen molar-refractivity contribution in [2.24, 2.45) is 5.92 Å². The number of sulfonamides is 1. The van der Waals surface area contributed by atoms with Crippen LogP contribution in [0.25, 0.3) is 0 Å². The highest BCUT2D eigenvalue weighted by molar-refractivity contribution is 7.89. The molecule has 134 valence electrons. The van der Waals surface area contributed by atoms with Gasteiger partial charge < -0.3 is 15.7 Å². The van der Waals surface area contributed by atoms with E-state index in [1.54, 1.807) is 4.31 Å². The number of halogens is 1. The number of amides is 1. The monoisotopic (exact) mass is 367 g/mol. The first-order valence-electron chi connectivity index (χ1n) is 8.17. The van der Waals surface area contributed by atoms with Crippen LogP contribution in [0, 0.1) is 5.92 Å². The van der Waals surface area contributed by atoms with E-state index in [0.717, 1.165) is 38.8 Å². The standard InChI is InChI=1S/C14H25N3O4S.ClH/c18-14(19)16-11-7-12-1-2-13(8-11)17(12)22(20,21)9-10-3-5-15-6-4-10;/h10-13,15-16H,1-9H2,(H,18,19);1H/t11-,12+,13-;. The normalized spacial score (nSPS) is 32.3. The average molecular weight is 368 g/mol. The van der Waals surface area contributed by atoms with E-state index in [0.29, 0.717) is 12.8 Å². The number of fused-ring (bicyclic) bond motifs is 2. The molecular formula is C14H26ClN3O4S. The molecule has 9 heteroatoms. The number of nitrogens with zero attached hydrogens (tertiary/aromatic N) is 1. The number of hydrogen-bond donors (Lipinski definition) is 3. The van der Waals surface area contributed by atoms with Gasteiger partial charge in [-0.3, -0.25) is 0 Å². The van der Waals surface area contributed by atoms with E-state index < -0.39 is 16.1 Å². The molecule has 0 aliphatic carbocycles. The molecule has 0 aromatic rings. The third-order valence-corrected chi connectivity index (χ3v) is 7.35. The molecule has 3 N–H and O–H groups in total. The third-order valence-electron chi connectivity index (χ3n) is 5.22. The van der Waals surface area contributed by atoms with Gasteiger partial charge in [-0.1, -0.05) is 0 Å². The van der Waals surface area contributed by atoms with Crippen molar-refractivity contribution >= 4 is 28.5 Å². The summed E-state index contributed by atoms with van der Waals surface area (Å²) < 4.78 is 27.3. The van der Waals surface area contributed by atoms with Crippen LogP contribution in [0.2, 0.25) is 0 Å². The Labute approximate surface area is 143 Å². The van der Waals surface area contributed by atoms with E-state index in [2.05, 4.69) is 10.6 Å². The number of rotatable bonds is 4. The summed E-state index contributed by atoms with van der Waals surface area (Å²) in [6.45, 7) is 1.80. The van der Waals surface area contributed by atoms with Crippen molar-refractivity contribution in [3.63, 3.8) is 0 Å². The fraction of sp³-hybridized carbons (Fsp3) is 0.929. The Balaban J connectivity index is 0.00000192. The van der Waals surface area contributed by atoms with Gasteiger partial charge in [0.25, 0.3) is 0 Å². The predicted molar refractivity (Wildman–Crippen MR) is 89.5 cm³/mol. The van der Waals surface area contributed by atoms with Gasteiger partial charge in [-0.05, 0) is 57.5 Å². The molecule has 3 atom stereocenters. The summed E-state index contributed by atoms with van der Waals surface area (Å²) >= 11 is 0. The Morgan fingerprint density at radius 1 is 1.13 bits per heavy atom. The first-order valence-corrected chi connectivity index (χ1v) is 9.78. The Hall–Kier alpha value is -0.570. The number of nitrogens with one attached hydrogen (secondary N) is 2. The van der Waals surface area contributed by atoms with Crippen LogP contribution in [0.15, 0.2) is 0 Å². The van der Waals surface area contributed by atoms with Gasteiger partial charge >= 0.3 is 6.09 Å². The van der Waals surface area contributed by atoms with Crippen LogP contribution >= 0.6 is 12.4 Å². The molecule has 0 unspecified atom stereocenters. The van der Waals surface area contributed by atoms with E-state index in [4.69, 9.17) is 5.11 Å². The minimum atomic E-state index is -3.24. The second kappa shape index (κ2) is 7.55. The summed E-state index contributed by atoms with van der Waals surface area (Å²) in [7, 11) is -3.24. The summed E-state index contributed by atoms with van der Waals surface area (Å²) in [5.41, 5.74) is 0. The lowest BCUT2D eigenvalue weighted by Gasteiger charge is -2.38. The molecule has 3 fully saturated rings. The summed E-state index contributed by atoms with van der Waals surface area (Å²) in [5, 5.41) is 14.6. The van der Waals surface area contributed by atoms with E-state index >= 15 is 0 Å². The molecule has 2 bridgehead atoms. The molecule has 0 spiro atoms. The van der Waals surface area contributed by atoms with Gasteiger partial charge in [0.05, 0.1) is 5.75 Å². The second-order valence-electron chi connectivity index (χ2n) is 6.80. The summed E-state index contributed by atoms with van der Waals surface area (Å²) in [4.78, 5) is 10.8. The zero-order valence-electron chi connectivity index (χ0n) is 13.1. The topological polar surface area (TPSA) is 98.7 Å². The van der Waals surface area contributed by atoms with Crippen molar-refractivity contribution in [2.75, 3.05) is 18.8 Å². The highest BCUT2D eigenvalue weighted by Gasteiger charge is 2.47. The van der Waals surface area contributed by atoms with Crippen LogP contribution in [-0.4, -0.2) is 60.9 Å². The second-order valence-corrected chi connectivity index (χ2v) is 8.72. The van der Waals surface area contributed by atoms with Crippen LogP contribution in [0.4, 0.5) is 4.79 Å². The number of piperidine rings is 2. The summed E-state index contributed by atoms with van der Waals surface area (Å²) in [6.07, 6.45) is 3.75. The molecule has 3 rings (SSSR count). The van der Waals surface area contributed by atoms with Crippen molar-refractivity contribution < 1.29 is 18.3 Å². The molecule has 3 aliphatic heterocycles. The average Bonchev–Trinajstić information content (AvgIpc) is 2.72. The van der Waals surface area contributed by atoms with Crippen molar-refractivity contribution in [1.82, 2.24) is 14.9 Å². The van der Waals surface area contributed by atoms with Crippen molar-refractivity contribution in [3.8, 4) is 0 Å². The SMILES string of the molecule is Cl.O=C(O)N[C@H]1C[C@H]2CC[C@@H](C1)N2S(=O)(=O)CC1CCNCC1. The first-order chi connectivity index (χ1) is 10.5. The Kier molecular flexibility index (Phi) is 6.16. The maximum atomic E-state index is 12.8. The third kappa shape index (κ3) is 4.29. The number of carboxylic acid groups (broad SMARTS) is 1. The zero-order valence-corrected chi connectivity index (χ0v) is 14.7. The molecule has 7 nitrogen and oxygen atoms in total. The molecule has 3 saturated heterocycles. The van der Waals surface area contributed by atoms with E-state index in [1.165, 1.54) is 0 Å². The van der Waals surface area contributed by atoms with Crippen molar-refractivity contribution in [2.45, 2.75) is 56.7 Å². The van der Waals surface area contributed by atoms with Gasteiger partial charge in [0.2, 0.25) is 10.0 Å². The highest BCUT2D eigenvalue weighted by Crippen LogP contribution is 2.38. The minimum Gasteiger partial charge on any atom is -0.465 e. The van der Waals surface area contributed by atoms with Gasteiger partial charge in [0, 0.05) is 18.1 Å². The first kappa shape index (κ1) is 18.8. The summed E-state index contributed by atoms with van der Waals surface area (Å²) in [6, 6.07) is -0.162. The fourth-order valence-corrected chi connectivity index (χ4v) is 6.71. The van der Waals surface area contributed by atoms with Crippen LogP contribution in [0.1, 0.15) is 38.5 Å². The van der Waals surface area contributed by atoms with Crippen LogP contribution in [0.3, 0.4) is 0 Å². The van der Waals surface area contributed by atoms with Gasteiger partial charge in [-0.2, -0.15) is 4.31 Å². The molecule has 0 saturated carbocycles. The molecule has 3 heterocycles. The number of hydrogen-bond acceptors (Lipinski definition) is 4. The smallest absolute Gasteiger partial charge is 0.404 e. The molecular weight excluding hydrogens is 342 g/mol. The molecule has 1 amide bonds. The van der Waals surface area contributed by atoms with Gasteiger partial charge in [-0.25, -0.2) is 13.2 Å². The Morgan fingerprint density at radius 2 is 1.70 bits per heavy atom. The summed E-state index contributed by atoms with van der Waals surface area (Å²) in [5.74, 6) is 0.499. The Bertz CT molecular complexity index is 510. The van der Waals surface area contributed by atoms with Crippen molar-refractivity contribution in [1.29, 1.82) is 0 Å². The fourth-order valence-electron chi connectivity index (χ4n) is 4.31. The largest absolute Gasteiger partial charge is 0.465 e. The molecule has 3 aliphatic rings. The molecule has 0 aromatic heterocycles. The predicted octanol–water partition coefficient (Wildman–Crippen LogP) is 1.00. The zero-order chi connectivity index (χ0) is 15.7. The van der Waals surface area contributed by atoms with E-state index in [1.807, 2.05) is 0 Å². The van der Waals surface area contributed by atoms with Gasteiger partial charge in [0.15, 0.2) is 0 Å². The Morgan fingerprint density at radius 3 is 2.22 bits per heavy atom. The van der Waals surface area contributed by atoms with E-state index in [9.17, 15) is 13.2 Å². The molecule has 0 radical (unpaired) electrons. The van der Waals surface area contributed by atoms with Crippen LogP contribution < -0.4 is 10.6 Å². The number of carbonyl (C=O) groups is 1. The minimum absolute atomic E-state index is 0. The molecule has 0 aromatic carbocycles. The maximum Gasteiger partial charge on any atom is 0.404 e. The van der Waals surface area contributed by atoms with Crippen molar-refractivity contribution in [3.05, 3.63) is 0 Å². The van der Waals surface area contributed by atoms with Crippen LogP contribution in [-0.2, 0) is 10.0 Å². The van der Waals surface area contributed by atoms with Gasteiger partial charge in [-0.15, -0.1) is 12.4 Å². The quantitative estimate of drug-likeness (QED) is 0.688. The van der Waals surface area contributed by atoms with E-state index in [-0.39, 0.29) is 42.2 Å². The van der Waals surface area contributed by atoms with Crippen LogP contribution in [0.5, 0.6) is 0 Å². The lowest BCUT2D eigenvalue weighted by molar-refractivity contribution is 0.169.